The normalized spacial score (nSPS) is 12.1. The number of hydrogen-bond acceptors (Lipinski definition) is 1. The van der Waals surface area contributed by atoms with Crippen molar-refractivity contribution in [2.75, 3.05) is 0 Å². The van der Waals surface area contributed by atoms with E-state index in [1.807, 2.05) is 55.5 Å². The summed E-state index contributed by atoms with van der Waals surface area (Å²) in [6.45, 7) is 4.12. The highest BCUT2D eigenvalue weighted by Crippen LogP contribution is 2.25. The van der Waals surface area contributed by atoms with Crippen molar-refractivity contribution < 1.29 is 0 Å². The third kappa shape index (κ3) is 3.58. The average molecular weight is 284 g/mol. The van der Waals surface area contributed by atoms with Gasteiger partial charge in [-0.25, -0.2) is 4.98 Å². The minimum Gasteiger partial charge on any atom is -0.248 e. The van der Waals surface area contributed by atoms with Crippen molar-refractivity contribution >= 4 is 17.2 Å². The van der Waals surface area contributed by atoms with E-state index in [4.69, 9.17) is 16.6 Å². The molecular weight excluding hydrogens is 266 g/mol. The van der Waals surface area contributed by atoms with Crippen molar-refractivity contribution in [3.8, 4) is 11.3 Å². The zero-order chi connectivity index (χ0) is 14.4. The van der Waals surface area contributed by atoms with Crippen LogP contribution in [0.5, 0.6) is 0 Å². The largest absolute Gasteiger partial charge is 0.248 e. The summed E-state index contributed by atoms with van der Waals surface area (Å²) in [7, 11) is 0. The minimum atomic E-state index is 0.709. The van der Waals surface area contributed by atoms with Gasteiger partial charge in [-0.3, -0.25) is 0 Å². The van der Waals surface area contributed by atoms with E-state index in [0.29, 0.717) is 5.02 Å². The number of aromatic nitrogens is 1. The second kappa shape index (κ2) is 7.06. The molecule has 2 heteroatoms. The van der Waals surface area contributed by atoms with E-state index in [1.165, 1.54) is 0 Å². The van der Waals surface area contributed by atoms with E-state index in [1.54, 1.807) is 0 Å². The second-order valence-electron chi connectivity index (χ2n) is 4.49. The Hall–Kier alpha value is -1.86. The van der Waals surface area contributed by atoms with Gasteiger partial charge in [-0.1, -0.05) is 67.1 Å². The highest BCUT2D eigenvalue weighted by molar-refractivity contribution is 6.31. The highest BCUT2D eigenvalue weighted by Gasteiger charge is 2.06. The van der Waals surface area contributed by atoms with Crippen LogP contribution in [0, 0.1) is 0 Å². The molecule has 20 heavy (non-hydrogen) atoms. The van der Waals surface area contributed by atoms with Crippen molar-refractivity contribution in [2.45, 2.75) is 20.3 Å². The molecular formula is C18H18ClN. The number of pyridine rings is 1. The lowest BCUT2D eigenvalue weighted by atomic mass is 10.1. The van der Waals surface area contributed by atoms with Gasteiger partial charge in [-0.15, -0.1) is 0 Å². The standard InChI is InChI=1S/C18H18ClN/c1-3-8-14(9-4-2)17-12-16(19)13-18(20-17)15-10-6-5-7-11-15/h3,5-13H,4H2,1-2H3/b8-3-,14-9+. The maximum absolute atomic E-state index is 6.25. The van der Waals surface area contributed by atoms with Crippen LogP contribution in [0.15, 0.2) is 60.7 Å². The first kappa shape index (κ1) is 14.5. The quantitative estimate of drug-likeness (QED) is 0.649. The Kier molecular flexibility index (Phi) is 5.14. The van der Waals surface area contributed by atoms with Crippen LogP contribution in [-0.2, 0) is 0 Å². The monoisotopic (exact) mass is 283 g/mol. The molecule has 1 heterocycles. The van der Waals surface area contributed by atoms with Gasteiger partial charge in [-0.2, -0.15) is 0 Å². The Morgan fingerprint density at radius 3 is 2.60 bits per heavy atom. The molecule has 0 fully saturated rings. The number of hydrogen-bond donors (Lipinski definition) is 0. The smallest absolute Gasteiger partial charge is 0.0724 e. The highest BCUT2D eigenvalue weighted by atomic mass is 35.5. The van der Waals surface area contributed by atoms with Gasteiger partial charge in [0.1, 0.15) is 0 Å². The molecule has 0 saturated heterocycles. The van der Waals surface area contributed by atoms with Crippen LogP contribution in [0.4, 0.5) is 0 Å². The summed E-state index contributed by atoms with van der Waals surface area (Å²) in [6, 6.07) is 13.9. The fourth-order valence-corrected chi connectivity index (χ4v) is 2.27. The van der Waals surface area contributed by atoms with E-state index in [2.05, 4.69) is 19.1 Å². The molecule has 2 aromatic rings. The molecule has 0 amide bonds. The minimum absolute atomic E-state index is 0.709. The molecule has 0 N–H and O–H groups in total. The fraction of sp³-hybridized carbons (Fsp3) is 0.167. The first-order valence-electron chi connectivity index (χ1n) is 6.80. The number of allylic oxidation sites excluding steroid dienone is 4. The molecule has 1 nitrogen and oxygen atoms in total. The van der Waals surface area contributed by atoms with Gasteiger partial charge in [-0.05, 0) is 31.1 Å². The maximum atomic E-state index is 6.25. The lowest BCUT2D eigenvalue weighted by Crippen LogP contribution is -1.91. The third-order valence-corrected chi connectivity index (χ3v) is 3.14. The molecule has 0 radical (unpaired) electrons. The summed E-state index contributed by atoms with van der Waals surface area (Å²) < 4.78 is 0. The van der Waals surface area contributed by atoms with Crippen molar-refractivity contribution in [2.24, 2.45) is 0 Å². The molecule has 0 spiro atoms. The lowest BCUT2D eigenvalue weighted by molar-refractivity contribution is 1.21. The zero-order valence-corrected chi connectivity index (χ0v) is 12.6. The Bertz CT molecular complexity index is 627. The van der Waals surface area contributed by atoms with E-state index >= 15 is 0 Å². The molecule has 0 aliphatic heterocycles. The summed E-state index contributed by atoms with van der Waals surface area (Å²) in [5, 5.41) is 0.709. The van der Waals surface area contributed by atoms with E-state index in [-0.39, 0.29) is 0 Å². The van der Waals surface area contributed by atoms with Crippen LogP contribution in [0.3, 0.4) is 0 Å². The van der Waals surface area contributed by atoms with Crippen molar-refractivity contribution in [3.05, 3.63) is 71.4 Å². The number of benzene rings is 1. The van der Waals surface area contributed by atoms with Gasteiger partial charge in [0.25, 0.3) is 0 Å². The SMILES string of the molecule is C/C=C\C(=C/CC)c1cc(Cl)cc(-c2ccccc2)n1. The lowest BCUT2D eigenvalue weighted by Gasteiger charge is -2.07. The van der Waals surface area contributed by atoms with Crippen LogP contribution in [0.1, 0.15) is 26.0 Å². The third-order valence-electron chi connectivity index (χ3n) is 2.93. The first-order valence-corrected chi connectivity index (χ1v) is 7.18. The number of halogens is 1. The maximum Gasteiger partial charge on any atom is 0.0724 e. The van der Waals surface area contributed by atoms with Gasteiger partial charge < -0.3 is 0 Å². The van der Waals surface area contributed by atoms with Gasteiger partial charge in [0.15, 0.2) is 0 Å². The molecule has 2 rings (SSSR count). The van der Waals surface area contributed by atoms with Crippen molar-refractivity contribution in [3.63, 3.8) is 0 Å². The van der Waals surface area contributed by atoms with Crippen LogP contribution in [-0.4, -0.2) is 4.98 Å². The predicted octanol–water partition coefficient (Wildman–Crippen LogP) is 5.77. The molecule has 0 bridgehead atoms. The Morgan fingerprint density at radius 2 is 1.95 bits per heavy atom. The molecule has 0 atom stereocenters. The molecule has 1 aromatic carbocycles. The zero-order valence-electron chi connectivity index (χ0n) is 11.8. The topological polar surface area (TPSA) is 12.9 Å². The summed E-state index contributed by atoms with van der Waals surface area (Å²) in [5.41, 5.74) is 4.00. The molecule has 1 aromatic heterocycles. The second-order valence-corrected chi connectivity index (χ2v) is 4.93. The summed E-state index contributed by atoms with van der Waals surface area (Å²) in [5.74, 6) is 0. The van der Waals surface area contributed by atoms with E-state index < -0.39 is 0 Å². The average Bonchev–Trinajstić information content (AvgIpc) is 2.47. The Balaban J connectivity index is 2.51. The molecule has 102 valence electrons. The van der Waals surface area contributed by atoms with Gasteiger partial charge >= 0.3 is 0 Å². The summed E-state index contributed by atoms with van der Waals surface area (Å²) >= 11 is 6.25. The summed E-state index contributed by atoms with van der Waals surface area (Å²) in [6.07, 6.45) is 7.21. The van der Waals surface area contributed by atoms with Crippen LogP contribution in [0.25, 0.3) is 16.8 Å². The van der Waals surface area contributed by atoms with Crippen LogP contribution >= 0.6 is 11.6 Å². The Labute approximate surface area is 125 Å². The fourth-order valence-electron chi connectivity index (χ4n) is 2.06. The van der Waals surface area contributed by atoms with E-state index in [0.717, 1.165) is 28.9 Å². The van der Waals surface area contributed by atoms with Crippen LogP contribution < -0.4 is 0 Å². The first-order chi connectivity index (χ1) is 9.74. The Morgan fingerprint density at radius 1 is 1.20 bits per heavy atom. The molecule has 0 aliphatic carbocycles. The molecule has 0 aliphatic rings. The number of nitrogens with zero attached hydrogens (tertiary/aromatic N) is 1. The predicted molar refractivity (Wildman–Crippen MR) is 87.8 cm³/mol. The number of rotatable bonds is 4. The van der Waals surface area contributed by atoms with Crippen LogP contribution in [0.2, 0.25) is 5.02 Å². The van der Waals surface area contributed by atoms with Crippen molar-refractivity contribution in [1.29, 1.82) is 0 Å². The molecule has 0 unspecified atom stereocenters. The molecule has 0 saturated carbocycles. The van der Waals surface area contributed by atoms with Crippen molar-refractivity contribution in [1.82, 2.24) is 4.98 Å². The van der Waals surface area contributed by atoms with Gasteiger partial charge in [0.05, 0.1) is 11.4 Å². The van der Waals surface area contributed by atoms with Gasteiger partial charge in [0, 0.05) is 10.6 Å². The van der Waals surface area contributed by atoms with E-state index in [9.17, 15) is 0 Å². The van der Waals surface area contributed by atoms with Gasteiger partial charge in [0.2, 0.25) is 0 Å². The summed E-state index contributed by atoms with van der Waals surface area (Å²) in [4.78, 5) is 4.74.